The van der Waals surface area contributed by atoms with Gasteiger partial charge in [0.1, 0.15) is 24.0 Å². The van der Waals surface area contributed by atoms with Gasteiger partial charge in [-0.1, -0.05) is 12.1 Å². The average molecular weight is 662 g/mol. The van der Waals surface area contributed by atoms with Crippen molar-refractivity contribution in [2.45, 2.75) is 6.61 Å². The molecule has 0 aromatic heterocycles. The molecule has 0 unspecified atom stereocenters. The Balaban J connectivity index is 1.74. The van der Waals surface area contributed by atoms with Crippen LogP contribution in [0.25, 0.3) is 6.08 Å². The van der Waals surface area contributed by atoms with Crippen molar-refractivity contribution in [3.8, 4) is 11.8 Å². The normalized spacial score (nSPS) is 10.8. The summed E-state index contributed by atoms with van der Waals surface area (Å²) < 4.78 is 11.8. The van der Waals surface area contributed by atoms with Crippen LogP contribution in [0.2, 0.25) is 0 Å². The SMILES string of the molecule is COC(=O)c1ccc(NC(=O)/C(C#N)=C/c2cc(Br)c(OCc3cccc([N+](=O)[O-])c3)c(I)c2)cc1. The van der Waals surface area contributed by atoms with Crippen molar-refractivity contribution >= 4 is 67.8 Å². The van der Waals surface area contributed by atoms with Crippen LogP contribution in [0.4, 0.5) is 11.4 Å². The number of halogens is 2. The molecule has 0 fully saturated rings. The van der Waals surface area contributed by atoms with Gasteiger partial charge >= 0.3 is 5.97 Å². The number of hydrogen-bond acceptors (Lipinski definition) is 7. The Hall–Kier alpha value is -3.76. The molecule has 0 saturated heterocycles. The van der Waals surface area contributed by atoms with Crippen LogP contribution in [0.15, 0.2) is 70.7 Å². The summed E-state index contributed by atoms with van der Waals surface area (Å²) in [5.74, 6) is -0.587. The lowest BCUT2D eigenvalue weighted by Gasteiger charge is -2.12. The fourth-order valence-corrected chi connectivity index (χ4v) is 4.81. The molecule has 9 nitrogen and oxygen atoms in total. The fourth-order valence-electron chi connectivity index (χ4n) is 3.04. The summed E-state index contributed by atoms with van der Waals surface area (Å²) in [7, 11) is 1.28. The van der Waals surface area contributed by atoms with Crippen molar-refractivity contribution in [2.75, 3.05) is 12.4 Å². The second kappa shape index (κ2) is 12.3. The molecule has 3 aromatic rings. The van der Waals surface area contributed by atoms with Gasteiger partial charge in [0, 0.05) is 17.8 Å². The largest absolute Gasteiger partial charge is 0.487 e. The molecule has 0 saturated carbocycles. The van der Waals surface area contributed by atoms with Crippen molar-refractivity contribution in [1.29, 1.82) is 5.26 Å². The molecule has 3 aromatic carbocycles. The molecule has 0 spiro atoms. The number of anilines is 1. The standard InChI is InChI=1S/C25H17BrIN3O6/c1-35-25(32)17-5-7-19(8-6-17)29-24(31)18(13-28)9-16-11-21(26)23(22(27)12-16)36-14-15-3-2-4-20(10-15)30(33)34/h2-12H,14H2,1H3,(H,29,31)/b18-9+. The Morgan fingerprint density at radius 2 is 1.92 bits per heavy atom. The highest BCUT2D eigenvalue weighted by atomic mass is 127. The average Bonchev–Trinajstić information content (AvgIpc) is 2.86. The second-order valence-electron chi connectivity index (χ2n) is 7.22. The summed E-state index contributed by atoms with van der Waals surface area (Å²) in [6.07, 6.45) is 1.44. The van der Waals surface area contributed by atoms with Gasteiger partial charge in [0.15, 0.2) is 0 Å². The van der Waals surface area contributed by atoms with Gasteiger partial charge in [-0.05, 0) is 92.1 Å². The molecule has 1 N–H and O–H groups in total. The fraction of sp³-hybridized carbons (Fsp3) is 0.0800. The smallest absolute Gasteiger partial charge is 0.337 e. The highest BCUT2D eigenvalue weighted by Crippen LogP contribution is 2.33. The van der Waals surface area contributed by atoms with Crippen molar-refractivity contribution in [3.05, 3.63) is 101 Å². The van der Waals surface area contributed by atoms with E-state index in [4.69, 9.17) is 4.74 Å². The zero-order chi connectivity index (χ0) is 26.2. The highest BCUT2D eigenvalue weighted by Gasteiger charge is 2.14. The van der Waals surface area contributed by atoms with E-state index >= 15 is 0 Å². The van der Waals surface area contributed by atoms with Crippen molar-refractivity contribution in [3.63, 3.8) is 0 Å². The van der Waals surface area contributed by atoms with E-state index < -0.39 is 16.8 Å². The number of methoxy groups -OCH3 is 1. The minimum Gasteiger partial charge on any atom is -0.487 e. The summed E-state index contributed by atoms with van der Waals surface area (Å²) in [5, 5.41) is 23.1. The number of benzene rings is 3. The van der Waals surface area contributed by atoms with Crippen LogP contribution in [-0.4, -0.2) is 23.9 Å². The van der Waals surface area contributed by atoms with Gasteiger partial charge in [0.2, 0.25) is 0 Å². The maximum atomic E-state index is 12.6. The number of carbonyl (C=O) groups is 2. The summed E-state index contributed by atoms with van der Waals surface area (Å²) >= 11 is 5.51. The first-order chi connectivity index (χ1) is 17.2. The Morgan fingerprint density at radius 1 is 1.19 bits per heavy atom. The Kier molecular flexibility index (Phi) is 9.15. The molecule has 0 aliphatic rings. The molecule has 0 aliphatic carbocycles. The summed E-state index contributed by atoms with van der Waals surface area (Å²) in [4.78, 5) is 34.7. The number of nitro groups is 1. The van der Waals surface area contributed by atoms with Gasteiger partial charge in [0.25, 0.3) is 11.6 Å². The first-order valence-electron chi connectivity index (χ1n) is 10.2. The highest BCUT2D eigenvalue weighted by molar-refractivity contribution is 14.1. The predicted molar refractivity (Wildman–Crippen MR) is 144 cm³/mol. The molecule has 1 amide bonds. The number of esters is 1. The van der Waals surface area contributed by atoms with E-state index in [1.54, 1.807) is 24.3 Å². The molecular formula is C25H17BrIN3O6. The number of nitriles is 1. The number of ether oxygens (including phenoxy) is 2. The first-order valence-corrected chi connectivity index (χ1v) is 12.1. The van der Waals surface area contributed by atoms with Crippen molar-refractivity contribution < 1.29 is 24.0 Å². The molecular weight excluding hydrogens is 645 g/mol. The number of carbonyl (C=O) groups excluding carboxylic acids is 2. The lowest BCUT2D eigenvalue weighted by atomic mass is 10.1. The first kappa shape index (κ1) is 26.8. The lowest BCUT2D eigenvalue weighted by molar-refractivity contribution is -0.384. The summed E-state index contributed by atoms with van der Waals surface area (Å²) in [6, 6.07) is 17.6. The van der Waals surface area contributed by atoms with Gasteiger partial charge in [-0.25, -0.2) is 4.79 Å². The van der Waals surface area contributed by atoms with Gasteiger partial charge in [0.05, 0.1) is 25.6 Å². The van der Waals surface area contributed by atoms with Crippen LogP contribution in [0.1, 0.15) is 21.5 Å². The number of nitrogens with zero attached hydrogens (tertiary/aromatic N) is 2. The van der Waals surface area contributed by atoms with Crippen LogP contribution in [0.3, 0.4) is 0 Å². The lowest BCUT2D eigenvalue weighted by Crippen LogP contribution is -2.13. The van der Waals surface area contributed by atoms with Crippen LogP contribution >= 0.6 is 38.5 Å². The number of hydrogen-bond donors (Lipinski definition) is 1. The number of nitrogens with one attached hydrogen (secondary N) is 1. The van der Waals surface area contributed by atoms with Crippen molar-refractivity contribution in [2.24, 2.45) is 0 Å². The van der Waals surface area contributed by atoms with Crippen LogP contribution in [0, 0.1) is 25.0 Å². The number of amides is 1. The zero-order valence-electron chi connectivity index (χ0n) is 18.7. The zero-order valence-corrected chi connectivity index (χ0v) is 22.4. The summed E-state index contributed by atoms with van der Waals surface area (Å²) in [6.45, 7) is 0.117. The van der Waals surface area contributed by atoms with E-state index in [1.807, 2.05) is 6.07 Å². The maximum absolute atomic E-state index is 12.6. The quantitative estimate of drug-likeness (QED) is 0.0797. The minimum absolute atomic E-state index is 0.0212. The molecule has 36 heavy (non-hydrogen) atoms. The van der Waals surface area contributed by atoms with E-state index in [-0.39, 0.29) is 17.9 Å². The number of nitro benzene ring substituents is 1. The molecule has 11 heteroatoms. The third-order valence-corrected chi connectivity index (χ3v) is 6.16. The van der Waals surface area contributed by atoms with Gasteiger partial charge in [-0.2, -0.15) is 5.26 Å². The molecule has 182 valence electrons. The molecule has 0 aliphatic heterocycles. The second-order valence-corrected chi connectivity index (χ2v) is 9.24. The monoisotopic (exact) mass is 661 g/mol. The Bertz CT molecular complexity index is 1380. The van der Waals surface area contributed by atoms with E-state index in [1.165, 1.54) is 49.6 Å². The molecule has 0 bridgehead atoms. The van der Waals surface area contributed by atoms with E-state index in [0.717, 1.165) is 0 Å². The van der Waals surface area contributed by atoms with Gasteiger partial charge in [-0.15, -0.1) is 0 Å². The summed E-state index contributed by atoms with van der Waals surface area (Å²) in [5.41, 5.74) is 1.82. The maximum Gasteiger partial charge on any atom is 0.337 e. The minimum atomic E-state index is -0.611. The van der Waals surface area contributed by atoms with Crippen LogP contribution in [0.5, 0.6) is 5.75 Å². The van der Waals surface area contributed by atoms with Gasteiger partial charge < -0.3 is 14.8 Å². The topological polar surface area (TPSA) is 132 Å². The predicted octanol–water partition coefficient (Wildman–Crippen LogP) is 5.87. The molecule has 0 atom stereocenters. The number of non-ortho nitro benzene ring substituents is 1. The molecule has 0 radical (unpaired) electrons. The third kappa shape index (κ3) is 6.89. The molecule has 0 heterocycles. The third-order valence-electron chi connectivity index (χ3n) is 4.77. The van der Waals surface area contributed by atoms with E-state index in [0.29, 0.717) is 36.2 Å². The van der Waals surface area contributed by atoms with Crippen LogP contribution < -0.4 is 10.1 Å². The van der Waals surface area contributed by atoms with Crippen molar-refractivity contribution in [1.82, 2.24) is 0 Å². The Labute approximate surface area is 228 Å². The van der Waals surface area contributed by atoms with E-state index in [9.17, 15) is 25.0 Å². The van der Waals surface area contributed by atoms with Crippen LogP contribution in [-0.2, 0) is 16.1 Å². The van der Waals surface area contributed by atoms with Gasteiger partial charge in [-0.3, -0.25) is 14.9 Å². The Morgan fingerprint density at radius 3 is 2.53 bits per heavy atom. The number of rotatable bonds is 8. The molecule has 3 rings (SSSR count). The van der Waals surface area contributed by atoms with E-state index in [2.05, 4.69) is 48.6 Å².